The summed E-state index contributed by atoms with van der Waals surface area (Å²) < 4.78 is 1.78. The van der Waals surface area contributed by atoms with Crippen LogP contribution < -0.4 is 5.32 Å². The molecule has 0 atom stereocenters. The van der Waals surface area contributed by atoms with E-state index in [1.54, 1.807) is 29.1 Å². The summed E-state index contributed by atoms with van der Waals surface area (Å²) in [4.78, 5) is 33.7. The van der Waals surface area contributed by atoms with Gasteiger partial charge < -0.3 is 5.32 Å². The summed E-state index contributed by atoms with van der Waals surface area (Å²) in [7, 11) is 0. The summed E-state index contributed by atoms with van der Waals surface area (Å²) in [5.41, 5.74) is 4.75. The van der Waals surface area contributed by atoms with Crippen LogP contribution in [0, 0.1) is 19.3 Å². The molecule has 0 radical (unpaired) electrons. The highest BCUT2D eigenvalue weighted by molar-refractivity contribution is 6.11. The lowest BCUT2D eigenvalue weighted by molar-refractivity contribution is -0.116. The molecule has 0 fully saturated rings. The lowest BCUT2D eigenvalue weighted by Gasteiger charge is -2.09. The van der Waals surface area contributed by atoms with Crippen molar-refractivity contribution >= 4 is 23.0 Å². The minimum atomic E-state index is -0.179. The number of rotatable bonds is 6. The molecular formula is C25H20N4O2. The Labute approximate surface area is 180 Å². The van der Waals surface area contributed by atoms with Crippen LogP contribution in [0.1, 0.15) is 34.5 Å². The summed E-state index contributed by atoms with van der Waals surface area (Å²) in [6, 6.07) is 16.7. The predicted octanol–water partition coefficient (Wildman–Crippen LogP) is 4.29. The molecule has 1 N–H and O–H groups in total. The molecule has 31 heavy (non-hydrogen) atoms. The minimum absolute atomic E-state index is 0.136. The van der Waals surface area contributed by atoms with Crippen molar-refractivity contribution in [2.75, 3.05) is 5.32 Å². The number of carbonyl (C=O) groups excluding carboxylic acids is 2. The van der Waals surface area contributed by atoms with Crippen LogP contribution in [-0.2, 0) is 4.79 Å². The Bertz CT molecular complexity index is 1310. The number of fused-ring (bicyclic) bond motifs is 1. The molecular weight excluding hydrogens is 388 g/mol. The molecule has 152 valence electrons. The number of nitrogens with one attached hydrogen (secondary N) is 1. The highest BCUT2D eigenvalue weighted by Crippen LogP contribution is 2.25. The van der Waals surface area contributed by atoms with Crippen LogP contribution in [0.2, 0.25) is 0 Å². The second-order valence-electron chi connectivity index (χ2n) is 7.15. The van der Waals surface area contributed by atoms with Gasteiger partial charge in [0.1, 0.15) is 6.33 Å². The van der Waals surface area contributed by atoms with Crippen molar-refractivity contribution in [1.82, 2.24) is 14.4 Å². The topological polar surface area (TPSA) is 76.4 Å². The first-order valence-electron chi connectivity index (χ1n) is 9.84. The first kappa shape index (κ1) is 20.0. The van der Waals surface area contributed by atoms with E-state index in [-0.39, 0.29) is 18.1 Å². The normalized spacial score (nSPS) is 10.6. The molecule has 0 unspecified atom stereocenters. The lowest BCUT2D eigenvalue weighted by atomic mass is 10.1. The zero-order chi connectivity index (χ0) is 21.8. The standard InChI is InChI=1S/C25H20N4O2/c1-3-4-8-22(30)28-20-7-5-6-19(15-20)21-13-14-26-25-23(27-16-29(21)25)24(31)18-11-9-17(2)10-12-18/h1,5-7,9-16H,4,8H2,2H3,(H,28,30). The maximum atomic E-state index is 13.0. The molecule has 6 nitrogen and oxygen atoms in total. The second-order valence-corrected chi connectivity index (χ2v) is 7.15. The van der Waals surface area contributed by atoms with Crippen LogP contribution in [-0.4, -0.2) is 26.1 Å². The van der Waals surface area contributed by atoms with E-state index < -0.39 is 0 Å². The van der Waals surface area contributed by atoms with Crippen molar-refractivity contribution in [3.63, 3.8) is 0 Å². The van der Waals surface area contributed by atoms with Crippen LogP contribution >= 0.6 is 0 Å². The highest BCUT2D eigenvalue weighted by atomic mass is 16.1. The molecule has 2 aromatic heterocycles. The number of terminal acetylenes is 1. The predicted molar refractivity (Wildman–Crippen MR) is 120 cm³/mol. The van der Waals surface area contributed by atoms with E-state index in [1.165, 1.54) is 0 Å². The molecule has 0 aliphatic rings. The molecule has 0 aliphatic carbocycles. The number of nitrogens with zero attached hydrogens (tertiary/aromatic N) is 3. The van der Waals surface area contributed by atoms with Gasteiger partial charge in [-0.1, -0.05) is 42.0 Å². The van der Waals surface area contributed by atoms with Gasteiger partial charge in [-0.3, -0.25) is 14.0 Å². The van der Waals surface area contributed by atoms with Gasteiger partial charge >= 0.3 is 0 Å². The largest absolute Gasteiger partial charge is 0.326 e. The fourth-order valence-corrected chi connectivity index (χ4v) is 3.30. The number of ketones is 1. The summed E-state index contributed by atoms with van der Waals surface area (Å²) >= 11 is 0. The number of benzene rings is 2. The zero-order valence-corrected chi connectivity index (χ0v) is 17.0. The Kier molecular flexibility index (Phi) is 5.59. The van der Waals surface area contributed by atoms with Gasteiger partial charge in [-0.05, 0) is 25.1 Å². The third-order valence-corrected chi connectivity index (χ3v) is 4.90. The van der Waals surface area contributed by atoms with E-state index >= 15 is 0 Å². The van der Waals surface area contributed by atoms with Gasteiger partial charge in [-0.2, -0.15) is 0 Å². The first-order valence-corrected chi connectivity index (χ1v) is 9.84. The van der Waals surface area contributed by atoms with Crippen molar-refractivity contribution in [2.45, 2.75) is 19.8 Å². The number of imidazole rings is 1. The van der Waals surface area contributed by atoms with Crippen molar-refractivity contribution < 1.29 is 9.59 Å². The highest BCUT2D eigenvalue weighted by Gasteiger charge is 2.18. The molecule has 2 heterocycles. The van der Waals surface area contributed by atoms with E-state index in [9.17, 15) is 9.59 Å². The number of amides is 1. The first-order chi connectivity index (χ1) is 15.1. The maximum absolute atomic E-state index is 13.0. The van der Waals surface area contributed by atoms with E-state index in [0.717, 1.165) is 16.8 Å². The van der Waals surface area contributed by atoms with Gasteiger partial charge in [0.2, 0.25) is 11.7 Å². The van der Waals surface area contributed by atoms with Gasteiger partial charge in [0, 0.05) is 35.9 Å². The van der Waals surface area contributed by atoms with E-state index in [2.05, 4.69) is 21.2 Å². The van der Waals surface area contributed by atoms with Crippen LogP contribution in [0.4, 0.5) is 5.69 Å². The van der Waals surface area contributed by atoms with Gasteiger partial charge in [-0.15, -0.1) is 12.3 Å². The van der Waals surface area contributed by atoms with Crippen molar-refractivity contribution in [3.8, 4) is 23.6 Å². The fraction of sp³-hybridized carbons (Fsp3) is 0.120. The van der Waals surface area contributed by atoms with Crippen molar-refractivity contribution in [3.05, 3.63) is 83.9 Å². The quantitative estimate of drug-likeness (QED) is 0.381. The number of aromatic nitrogens is 3. The molecule has 4 aromatic rings. The van der Waals surface area contributed by atoms with Crippen LogP contribution in [0.5, 0.6) is 0 Å². The summed E-state index contributed by atoms with van der Waals surface area (Å²) in [5.74, 6) is 2.15. The third kappa shape index (κ3) is 4.21. The van der Waals surface area contributed by atoms with Crippen molar-refractivity contribution in [1.29, 1.82) is 0 Å². The number of aryl methyl sites for hydroxylation is 1. The van der Waals surface area contributed by atoms with Gasteiger partial charge in [0.25, 0.3) is 0 Å². The molecule has 0 saturated carbocycles. The van der Waals surface area contributed by atoms with Gasteiger partial charge in [-0.25, -0.2) is 9.97 Å². The molecule has 0 bridgehead atoms. The lowest BCUT2D eigenvalue weighted by Crippen LogP contribution is -2.10. The zero-order valence-electron chi connectivity index (χ0n) is 17.0. The van der Waals surface area contributed by atoms with Gasteiger partial charge in [0.15, 0.2) is 11.3 Å². The summed E-state index contributed by atoms with van der Waals surface area (Å²) in [6.07, 6.45) is 9.13. The maximum Gasteiger partial charge on any atom is 0.225 e. The van der Waals surface area contributed by atoms with E-state index in [0.29, 0.717) is 29.0 Å². The number of hydrogen-bond acceptors (Lipinski definition) is 4. The Morgan fingerprint density at radius 1 is 1.10 bits per heavy atom. The Morgan fingerprint density at radius 3 is 2.68 bits per heavy atom. The molecule has 0 aliphatic heterocycles. The number of anilines is 1. The second kappa shape index (κ2) is 8.64. The summed E-state index contributed by atoms with van der Waals surface area (Å²) in [5, 5.41) is 2.86. The molecule has 4 rings (SSSR count). The van der Waals surface area contributed by atoms with Crippen LogP contribution in [0.3, 0.4) is 0 Å². The molecule has 1 amide bonds. The Balaban J connectivity index is 1.68. The average molecular weight is 408 g/mol. The van der Waals surface area contributed by atoms with Crippen LogP contribution in [0.15, 0.2) is 67.1 Å². The smallest absolute Gasteiger partial charge is 0.225 e. The Hall–Kier alpha value is -4.24. The molecule has 2 aromatic carbocycles. The Morgan fingerprint density at radius 2 is 1.90 bits per heavy atom. The molecule has 0 spiro atoms. The van der Waals surface area contributed by atoms with E-state index in [1.807, 2.05) is 49.4 Å². The fourth-order valence-electron chi connectivity index (χ4n) is 3.30. The molecule has 0 saturated heterocycles. The number of carbonyl (C=O) groups is 2. The van der Waals surface area contributed by atoms with Gasteiger partial charge in [0.05, 0.1) is 5.69 Å². The number of hydrogen-bond donors (Lipinski definition) is 1. The van der Waals surface area contributed by atoms with E-state index in [4.69, 9.17) is 6.42 Å². The molecule has 6 heteroatoms. The van der Waals surface area contributed by atoms with Crippen molar-refractivity contribution in [2.24, 2.45) is 0 Å². The average Bonchev–Trinajstić information content (AvgIpc) is 3.22. The summed E-state index contributed by atoms with van der Waals surface area (Å²) in [6.45, 7) is 1.97. The minimum Gasteiger partial charge on any atom is -0.326 e. The third-order valence-electron chi connectivity index (χ3n) is 4.90. The SMILES string of the molecule is C#CCCC(=O)Nc1cccc(-c2ccnc3c(C(=O)c4ccc(C)cc4)ncn23)c1. The monoisotopic (exact) mass is 408 g/mol. The van der Waals surface area contributed by atoms with Crippen LogP contribution in [0.25, 0.3) is 16.9 Å².